The van der Waals surface area contributed by atoms with Crippen molar-refractivity contribution in [2.45, 2.75) is 106 Å². The molecule has 0 heterocycles. The molecule has 0 aromatic rings. The molecule has 0 radical (unpaired) electrons. The second-order valence-electron chi connectivity index (χ2n) is 7.98. The second-order valence-corrected chi connectivity index (χ2v) is 7.98. The molecule has 0 amide bonds. The van der Waals surface area contributed by atoms with Gasteiger partial charge >= 0.3 is 0 Å². The Morgan fingerprint density at radius 2 is 1.16 bits per heavy atom. The highest BCUT2D eigenvalue weighted by molar-refractivity contribution is 4.70. The van der Waals surface area contributed by atoms with Crippen LogP contribution in [0.5, 0.6) is 0 Å². The molecule has 2 unspecified atom stereocenters. The molecule has 0 rings (SSSR count). The van der Waals surface area contributed by atoms with Gasteiger partial charge in [-0.25, -0.2) is 0 Å². The summed E-state index contributed by atoms with van der Waals surface area (Å²) < 4.78 is 0. The molecule has 0 bridgehead atoms. The van der Waals surface area contributed by atoms with Crippen LogP contribution in [0.15, 0.2) is 0 Å². The van der Waals surface area contributed by atoms with Crippen molar-refractivity contribution in [2.24, 2.45) is 17.3 Å². The Morgan fingerprint density at radius 3 is 1.63 bits per heavy atom. The van der Waals surface area contributed by atoms with Gasteiger partial charge in [0.1, 0.15) is 0 Å². The van der Waals surface area contributed by atoms with Gasteiger partial charge < -0.3 is 0 Å². The Balaban J connectivity index is 3.45. The van der Waals surface area contributed by atoms with Gasteiger partial charge in [0.15, 0.2) is 0 Å². The minimum atomic E-state index is 0.493. The lowest BCUT2D eigenvalue weighted by Crippen LogP contribution is -2.16. The lowest BCUT2D eigenvalue weighted by molar-refractivity contribution is 0.237. The molecule has 116 valence electrons. The Morgan fingerprint density at radius 1 is 0.684 bits per heavy atom. The average Bonchev–Trinajstić information content (AvgIpc) is 2.30. The van der Waals surface area contributed by atoms with Crippen molar-refractivity contribution in [2.75, 3.05) is 0 Å². The van der Waals surface area contributed by atoms with Crippen LogP contribution in [0.4, 0.5) is 0 Å². The highest BCUT2D eigenvalue weighted by atomic mass is 14.2. The smallest absolute Gasteiger partial charge is 0.0380 e. The third-order valence-electron chi connectivity index (χ3n) is 4.42. The number of rotatable bonds is 11. The normalized spacial score (nSPS) is 15.5. The highest BCUT2D eigenvalue weighted by Gasteiger charge is 2.19. The fourth-order valence-corrected chi connectivity index (χ4v) is 3.05. The van der Waals surface area contributed by atoms with Gasteiger partial charge in [0.25, 0.3) is 0 Å². The van der Waals surface area contributed by atoms with E-state index in [0.717, 1.165) is 11.8 Å². The fraction of sp³-hybridized carbons (Fsp3) is 1.00. The van der Waals surface area contributed by atoms with Crippen molar-refractivity contribution in [3.05, 3.63) is 0 Å². The number of hydrogen-bond acceptors (Lipinski definition) is 0. The van der Waals surface area contributed by atoms with E-state index in [2.05, 4.69) is 41.5 Å². The van der Waals surface area contributed by atoms with E-state index >= 15 is 0 Å². The van der Waals surface area contributed by atoms with Gasteiger partial charge in [-0.2, -0.15) is 0 Å². The molecule has 0 spiro atoms. The largest absolute Gasteiger partial charge is 0.0654 e. The molecular formula is C19H40. The van der Waals surface area contributed by atoms with Gasteiger partial charge in [0, 0.05) is 0 Å². The van der Waals surface area contributed by atoms with Gasteiger partial charge in [-0.3, -0.25) is 0 Å². The van der Waals surface area contributed by atoms with E-state index in [1.165, 1.54) is 64.2 Å². The summed E-state index contributed by atoms with van der Waals surface area (Å²) in [5, 5.41) is 0. The van der Waals surface area contributed by atoms with Crippen LogP contribution in [0.2, 0.25) is 0 Å². The Kier molecular flexibility index (Phi) is 10.7. The van der Waals surface area contributed by atoms with E-state index in [9.17, 15) is 0 Å². The SMILES string of the molecule is CCCCCCCCCCC(C)C(C)CC(C)(C)C. The van der Waals surface area contributed by atoms with E-state index in [4.69, 9.17) is 0 Å². The first-order valence-corrected chi connectivity index (χ1v) is 8.87. The van der Waals surface area contributed by atoms with Crippen LogP contribution in [0.25, 0.3) is 0 Å². The van der Waals surface area contributed by atoms with Gasteiger partial charge in [-0.15, -0.1) is 0 Å². The predicted molar refractivity (Wildman–Crippen MR) is 89.6 cm³/mol. The van der Waals surface area contributed by atoms with Crippen molar-refractivity contribution in [3.63, 3.8) is 0 Å². The summed E-state index contributed by atoms with van der Waals surface area (Å²) in [6, 6.07) is 0. The predicted octanol–water partition coefficient (Wildman–Crippen LogP) is 7.23. The summed E-state index contributed by atoms with van der Waals surface area (Å²) in [6.07, 6.45) is 14.3. The first kappa shape index (κ1) is 19.0. The molecule has 0 heteroatoms. The summed E-state index contributed by atoms with van der Waals surface area (Å²) in [4.78, 5) is 0. The fourth-order valence-electron chi connectivity index (χ4n) is 3.05. The maximum atomic E-state index is 2.46. The standard InChI is InChI=1S/C19H40/c1-7-8-9-10-11-12-13-14-15-17(2)18(3)16-19(4,5)6/h17-18H,7-16H2,1-6H3. The molecule has 0 N–H and O–H groups in total. The molecule has 19 heavy (non-hydrogen) atoms. The van der Waals surface area contributed by atoms with Gasteiger partial charge in [0.05, 0.1) is 0 Å². The van der Waals surface area contributed by atoms with Crippen molar-refractivity contribution in [3.8, 4) is 0 Å². The number of unbranched alkanes of at least 4 members (excludes halogenated alkanes) is 7. The third-order valence-corrected chi connectivity index (χ3v) is 4.42. The maximum absolute atomic E-state index is 2.46. The van der Waals surface area contributed by atoms with Crippen LogP contribution in [0.3, 0.4) is 0 Å². The lowest BCUT2D eigenvalue weighted by atomic mass is 9.78. The summed E-state index contributed by atoms with van der Waals surface area (Å²) in [6.45, 7) is 14.3. The molecule has 0 aromatic heterocycles. The molecule has 0 saturated heterocycles. The summed E-state index contributed by atoms with van der Waals surface area (Å²) in [7, 11) is 0. The zero-order chi connectivity index (χ0) is 14.7. The van der Waals surface area contributed by atoms with E-state index in [0.29, 0.717) is 5.41 Å². The van der Waals surface area contributed by atoms with Crippen molar-refractivity contribution >= 4 is 0 Å². The van der Waals surface area contributed by atoms with Crippen LogP contribution in [-0.2, 0) is 0 Å². The first-order valence-electron chi connectivity index (χ1n) is 8.87. The average molecular weight is 269 g/mol. The molecule has 0 aliphatic heterocycles. The van der Waals surface area contributed by atoms with E-state index in [1.807, 2.05) is 0 Å². The quantitative estimate of drug-likeness (QED) is 0.347. The Hall–Kier alpha value is 0. The van der Waals surface area contributed by atoms with E-state index in [1.54, 1.807) is 0 Å². The molecule has 0 nitrogen and oxygen atoms in total. The first-order chi connectivity index (χ1) is 8.87. The maximum Gasteiger partial charge on any atom is -0.0380 e. The minimum absolute atomic E-state index is 0.493. The van der Waals surface area contributed by atoms with Crippen LogP contribution >= 0.6 is 0 Å². The van der Waals surface area contributed by atoms with Crippen molar-refractivity contribution < 1.29 is 0 Å². The second kappa shape index (κ2) is 10.7. The van der Waals surface area contributed by atoms with Crippen LogP contribution in [-0.4, -0.2) is 0 Å². The molecule has 0 aliphatic rings. The molecule has 0 saturated carbocycles. The Labute approximate surface area is 123 Å². The summed E-state index contributed by atoms with van der Waals surface area (Å²) >= 11 is 0. The summed E-state index contributed by atoms with van der Waals surface area (Å²) in [5.74, 6) is 1.78. The van der Waals surface area contributed by atoms with Gasteiger partial charge in [-0.05, 0) is 23.7 Å². The third kappa shape index (κ3) is 12.8. The van der Waals surface area contributed by atoms with E-state index in [-0.39, 0.29) is 0 Å². The molecular weight excluding hydrogens is 228 g/mol. The van der Waals surface area contributed by atoms with Crippen molar-refractivity contribution in [1.29, 1.82) is 0 Å². The summed E-state index contributed by atoms with van der Waals surface area (Å²) in [5.41, 5.74) is 0.493. The highest BCUT2D eigenvalue weighted by Crippen LogP contribution is 2.30. The number of hydrogen-bond donors (Lipinski definition) is 0. The topological polar surface area (TPSA) is 0 Å². The van der Waals surface area contributed by atoms with Crippen LogP contribution in [0, 0.1) is 17.3 Å². The minimum Gasteiger partial charge on any atom is -0.0654 e. The molecule has 0 aromatic carbocycles. The van der Waals surface area contributed by atoms with Crippen LogP contribution in [0.1, 0.15) is 106 Å². The Bertz CT molecular complexity index is 187. The zero-order valence-electron chi connectivity index (χ0n) is 14.7. The zero-order valence-corrected chi connectivity index (χ0v) is 14.7. The van der Waals surface area contributed by atoms with E-state index < -0.39 is 0 Å². The molecule has 0 fully saturated rings. The van der Waals surface area contributed by atoms with Gasteiger partial charge in [0.2, 0.25) is 0 Å². The van der Waals surface area contributed by atoms with Crippen molar-refractivity contribution in [1.82, 2.24) is 0 Å². The molecule has 2 atom stereocenters. The van der Waals surface area contributed by atoms with Gasteiger partial charge in [-0.1, -0.05) is 99.3 Å². The van der Waals surface area contributed by atoms with Crippen LogP contribution < -0.4 is 0 Å². The lowest BCUT2D eigenvalue weighted by Gasteiger charge is -2.27. The monoisotopic (exact) mass is 268 g/mol. The molecule has 0 aliphatic carbocycles.